The highest BCUT2D eigenvalue weighted by Gasteiger charge is 2.20. The Morgan fingerprint density at radius 2 is 2.12 bits per heavy atom. The molecular weight excluding hydrogens is 241 g/mol. The monoisotopic (exact) mass is 257 g/mol. The van der Waals surface area contributed by atoms with E-state index in [9.17, 15) is 0 Å². The summed E-state index contributed by atoms with van der Waals surface area (Å²) in [4.78, 5) is 2.25. The van der Waals surface area contributed by atoms with E-state index in [1.165, 1.54) is 19.3 Å². The molecule has 0 saturated heterocycles. The molecule has 0 aliphatic heterocycles. The van der Waals surface area contributed by atoms with E-state index in [-0.39, 0.29) is 0 Å². The fourth-order valence-corrected chi connectivity index (χ4v) is 2.62. The number of nitrogens with zero attached hydrogens (tertiary/aromatic N) is 1. The smallest absolute Gasteiger partial charge is 0.0642 e. The highest BCUT2D eigenvalue weighted by atomic mass is 35.5. The van der Waals surface area contributed by atoms with Crippen LogP contribution in [-0.4, -0.2) is 13.6 Å². The summed E-state index contributed by atoms with van der Waals surface area (Å²) in [5.74, 6) is 1.38. The third kappa shape index (κ3) is 2.64. The predicted octanol–water partition coefficient (Wildman–Crippen LogP) is 4.32. The van der Waals surface area contributed by atoms with E-state index < -0.39 is 0 Å². The zero-order valence-corrected chi connectivity index (χ0v) is 11.1. The van der Waals surface area contributed by atoms with Crippen molar-refractivity contribution in [3.63, 3.8) is 0 Å². The van der Waals surface area contributed by atoms with Crippen LogP contribution in [0.15, 0.2) is 18.2 Å². The van der Waals surface area contributed by atoms with Gasteiger partial charge in [-0.15, -0.1) is 11.6 Å². The summed E-state index contributed by atoms with van der Waals surface area (Å²) in [6.07, 6.45) is 4.11. The van der Waals surface area contributed by atoms with Gasteiger partial charge >= 0.3 is 0 Å². The molecule has 1 aromatic rings. The largest absolute Gasteiger partial charge is 0.373 e. The number of benzene rings is 1. The van der Waals surface area contributed by atoms with Crippen LogP contribution in [0.2, 0.25) is 5.02 Å². The molecule has 3 heteroatoms. The van der Waals surface area contributed by atoms with E-state index in [1.807, 2.05) is 12.1 Å². The highest BCUT2D eigenvalue weighted by Crippen LogP contribution is 2.31. The quantitative estimate of drug-likeness (QED) is 0.727. The van der Waals surface area contributed by atoms with E-state index in [4.69, 9.17) is 23.2 Å². The predicted molar refractivity (Wildman–Crippen MR) is 71.6 cm³/mol. The standard InChI is InChI=1S/C13H17Cl2N/c1-16(9-10-3-2-4-10)13-6-5-11(8-14)7-12(13)15/h5-7,10H,2-4,8-9H2,1H3. The lowest BCUT2D eigenvalue weighted by atomic mass is 9.85. The lowest BCUT2D eigenvalue weighted by Crippen LogP contribution is -2.29. The first-order chi connectivity index (χ1) is 7.70. The van der Waals surface area contributed by atoms with Crippen LogP contribution in [0.4, 0.5) is 5.69 Å². The second-order valence-corrected chi connectivity index (χ2v) is 5.27. The lowest BCUT2D eigenvalue weighted by molar-refractivity contribution is 0.321. The molecule has 0 spiro atoms. The van der Waals surface area contributed by atoms with Crippen LogP contribution in [0.25, 0.3) is 0 Å². The van der Waals surface area contributed by atoms with Crippen molar-refractivity contribution in [2.75, 3.05) is 18.5 Å². The number of alkyl halides is 1. The molecule has 16 heavy (non-hydrogen) atoms. The topological polar surface area (TPSA) is 3.24 Å². The summed E-state index contributed by atoms with van der Waals surface area (Å²) in [5, 5.41) is 0.806. The summed E-state index contributed by atoms with van der Waals surface area (Å²) in [6, 6.07) is 6.07. The van der Waals surface area contributed by atoms with Crippen LogP contribution in [0, 0.1) is 5.92 Å². The third-order valence-electron chi connectivity index (χ3n) is 3.33. The van der Waals surface area contributed by atoms with Crippen LogP contribution < -0.4 is 4.90 Å². The molecule has 0 atom stereocenters. The summed E-state index contributed by atoms with van der Waals surface area (Å²) >= 11 is 12.0. The molecule has 1 aromatic carbocycles. The van der Waals surface area contributed by atoms with Gasteiger partial charge < -0.3 is 4.90 Å². The number of halogens is 2. The molecule has 0 bridgehead atoms. The molecule has 0 unspecified atom stereocenters. The van der Waals surface area contributed by atoms with Gasteiger partial charge in [-0.05, 0) is 36.5 Å². The van der Waals surface area contributed by atoms with Crippen molar-refractivity contribution in [2.45, 2.75) is 25.1 Å². The molecule has 1 aliphatic rings. The Hall–Kier alpha value is -0.400. The van der Waals surface area contributed by atoms with Gasteiger partial charge in [0.05, 0.1) is 10.7 Å². The van der Waals surface area contributed by atoms with Gasteiger partial charge in [0, 0.05) is 19.5 Å². The Kier molecular flexibility index (Phi) is 3.99. The summed E-state index contributed by atoms with van der Waals surface area (Å²) in [7, 11) is 2.11. The maximum Gasteiger partial charge on any atom is 0.0642 e. The summed E-state index contributed by atoms with van der Waals surface area (Å²) < 4.78 is 0. The van der Waals surface area contributed by atoms with Gasteiger partial charge in [0.15, 0.2) is 0 Å². The molecule has 2 rings (SSSR count). The summed E-state index contributed by atoms with van der Waals surface area (Å²) in [5.41, 5.74) is 2.19. The van der Waals surface area contributed by atoms with Gasteiger partial charge in [-0.3, -0.25) is 0 Å². The molecule has 0 aromatic heterocycles. The Bertz CT molecular complexity index is 361. The van der Waals surface area contributed by atoms with Gasteiger partial charge in [-0.25, -0.2) is 0 Å². The highest BCUT2D eigenvalue weighted by molar-refractivity contribution is 6.33. The first kappa shape index (κ1) is 12.1. The Morgan fingerprint density at radius 1 is 1.38 bits per heavy atom. The maximum absolute atomic E-state index is 6.25. The van der Waals surface area contributed by atoms with Crippen LogP contribution in [0.1, 0.15) is 24.8 Å². The van der Waals surface area contributed by atoms with Gasteiger partial charge in [0.1, 0.15) is 0 Å². The van der Waals surface area contributed by atoms with E-state index in [1.54, 1.807) is 0 Å². The van der Waals surface area contributed by atoms with Crippen LogP contribution in [0.5, 0.6) is 0 Å². The second kappa shape index (κ2) is 5.29. The molecule has 88 valence electrons. The molecular formula is C13H17Cl2N. The minimum atomic E-state index is 0.520. The Morgan fingerprint density at radius 3 is 2.62 bits per heavy atom. The Balaban J connectivity index is 2.06. The zero-order valence-electron chi connectivity index (χ0n) is 9.55. The van der Waals surface area contributed by atoms with Gasteiger partial charge in [0.25, 0.3) is 0 Å². The van der Waals surface area contributed by atoms with Crippen molar-refractivity contribution >= 4 is 28.9 Å². The summed E-state index contributed by atoms with van der Waals surface area (Å²) in [6.45, 7) is 1.11. The average Bonchev–Trinajstić information content (AvgIpc) is 2.23. The van der Waals surface area contributed by atoms with Gasteiger partial charge in [0.2, 0.25) is 0 Å². The van der Waals surface area contributed by atoms with E-state index in [2.05, 4.69) is 18.0 Å². The van der Waals surface area contributed by atoms with E-state index in [0.717, 1.165) is 28.7 Å². The minimum Gasteiger partial charge on any atom is -0.373 e. The first-order valence-electron chi connectivity index (χ1n) is 5.76. The van der Waals surface area contributed by atoms with Crippen molar-refractivity contribution in [1.82, 2.24) is 0 Å². The Labute approximate surface area is 107 Å². The maximum atomic E-state index is 6.25. The van der Waals surface area contributed by atoms with Crippen LogP contribution in [0.3, 0.4) is 0 Å². The van der Waals surface area contributed by atoms with Gasteiger partial charge in [-0.2, -0.15) is 0 Å². The van der Waals surface area contributed by atoms with Crippen molar-refractivity contribution in [1.29, 1.82) is 0 Å². The average molecular weight is 258 g/mol. The van der Waals surface area contributed by atoms with Crippen molar-refractivity contribution in [2.24, 2.45) is 5.92 Å². The molecule has 0 heterocycles. The van der Waals surface area contributed by atoms with Crippen molar-refractivity contribution < 1.29 is 0 Å². The molecule has 0 amide bonds. The second-order valence-electron chi connectivity index (χ2n) is 4.60. The van der Waals surface area contributed by atoms with E-state index >= 15 is 0 Å². The van der Waals surface area contributed by atoms with Crippen LogP contribution in [-0.2, 0) is 5.88 Å². The van der Waals surface area contributed by atoms with Crippen molar-refractivity contribution in [3.8, 4) is 0 Å². The lowest BCUT2D eigenvalue weighted by Gasteiger charge is -2.31. The molecule has 0 radical (unpaired) electrons. The van der Waals surface area contributed by atoms with Crippen LogP contribution >= 0.6 is 23.2 Å². The van der Waals surface area contributed by atoms with E-state index in [0.29, 0.717) is 5.88 Å². The SMILES string of the molecule is CN(CC1CCC1)c1ccc(CCl)cc1Cl. The molecule has 1 nitrogen and oxygen atoms in total. The first-order valence-corrected chi connectivity index (χ1v) is 6.67. The van der Waals surface area contributed by atoms with Gasteiger partial charge in [-0.1, -0.05) is 24.1 Å². The molecule has 1 fully saturated rings. The molecule has 1 aliphatic carbocycles. The number of rotatable bonds is 4. The van der Waals surface area contributed by atoms with Crippen molar-refractivity contribution in [3.05, 3.63) is 28.8 Å². The number of hydrogen-bond donors (Lipinski definition) is 0. The fraction of sp³-hybridized carbons (Fsp3) is 0.538. The molecule has 1 saturated carbocycles. The normalized spacial score (nSPS) is 15.9. The fourth-order valence-electron chi connectivity index (χ4n) is 2.10. The third-order valence-corrected chi connectivity index (χ3v) is 3.95. The number of hydrogen-bond acceptors (Lipinski definition) is 1. The molecule has 0 N–H and O–H groups in total. The zero-order chi connectivity index (χ0) is 11.5. The minimum absolute atomic E-state index is 0.520. The number of anilines is 1.